The van der Waals surface area contributed by atoms with Crippen LogP contribution >= 0.6 is 0 Å². The highest BCUT2D eigenvalue weighted by Gasteiger charge is 2.55. The zero-order valence-corrected chi connectivity index (χ0v) is 11.4. The third kappa shape index (κ3) is 2.42. The summed E-state index contributed by atoms with van der Waals surface area (Å²) in [5.41, 5.74) is 3.37. The van der Waals surface area contributed by atoms with E-state index in [9.17, 15) is 24.5 Å². The molecular weight excluding hydrogens is 285 g/mol. The lowest BCUT2D eigenvalue weighted by Crippen LogP contribution is -2.48. The summed E-state index contributed by atoms with van der Waals surface area (Å²) in [5, 5.41) is 29.1. The van der Waals surface area contributed by atoms with Gasteiger partial charge in [0.15, 0.2) is 11.8 Å². The predicted molar refractivity (Wildman–Crippen MR) is 70.2 cm³/mol. The molecule has 21 heavy (non-hydrogen) atoms. The Morgan fingerprint density at radius 2 is 2.24 bits per heavy atom. The Morgan fingerprint density at radius 1 is 1.57 bits per heavy atom. The van der Waals surface area contributed by atoms with Gasteiger partial charge in [0.1, 0.15) is 24.7 Å². The number of aliphatic hydroxyl groups excluding tert-OH is 3. The number of nitrogen functional groups attached to an aromatic ring is 1. The largest absolute Gasteiger partial charge is 0.393 e. The molecule has 0 aliphatic carbocycles. The number of hydrogen-bond acceptors (Lipinski definition) is 7. The van der Waals surface area contributed by atoms with Crippen LogP contribution in [0.5, 0.6) is 0 Å². The number of rotatable bonds is 4. The molecule has 0 saturated carbocycles. The van der Waals surface area contributed by atoms with E-state index in [1.165, 1.54) is 6.20 Å². The molecule has 5 N–H and O–H groups in total. The van der Waals surface area contributed by atoms with Gasteiger partial charge in [0.2, 0.25) is 0 Å². The maximum Gasteiger partial charge on any atom is 0.351 e. The number of aryl methyl sites for hydroxylation is 1. The fraction of sp³-hybridized carbons (Fsp3) is 0.667. The van der Waals surface area contributed by atoms with Crippen LogP contribution in [0.3, 0.4) is 0 Å². The molecule has 1 aliphatic rings. The lowest BCUT2D eigenvalue weighted by Gasteiger charge is -2.26. The van der Waals surface area contributed by atoms with Crippen LogP contribution in [0.25, 0.3) is 0 Å². The third-order valence-corrected chi connectivity index (χ3v) is 3.72. The molecule has 1 aromatic heterocycles. The number of aromatic nitrogens is 2. The van der Waals surface area contributed by atoms with Gasteiger partial charge < -0.3 is 25.8 Å². The van der Waals surface area contributed by atoms with Crippen molar-refractivity contribution in [3.05, 3.63) is 22.2 Å². The first kappa shape index (κ1) is 15.8. The summed E-state index contributed by atoms with van der Waals surface area (Å²) in [5.74, 6) is 0.0608. The minimum absolute atomic E-state index is 0.0608. The molecule has 2 heterocycles. The van der Waals surface area contributed by atoms with Gasteiger partial charge in [-0.05, 0) is 6.42 Å². The molecule has 1 aromatic rings. The lowest BCUT2D eigenvalue weighted by molar-refractivity contribution is -0.138. The van der Waals surface area contributed by atoms with Gasteiger partial charge in [-0.1, -0.05) is 6.92 Å². The molecule has 2 rings (SSSR count). The van der Waals surface area contributed by atoms with Crippen LogP contribution in [0, 0.1) is 0 Å². The molecule has 0 spiro atoms. The van der Waals surface area contributed by atoms with Crippen molar-refractivity contribution in [1.29, 1.82) is 0 Å². The minimum atomic E-state index is -1.96. The number of ether oxygens (including phenoxy) is 1. The van der Waals surface area contributed by atoms with E-state index in [4.69, 9.17) is 10.5 Å². The average molecular weight is 303 g/mol. The smallest absolute Gasteiger partial charge is 0.351 e. The van der Waals surface area contributed by atoms with E-state index in [1.807, 2.05) is 0 Å². The van der Waals surface area contributed by atoms with E-state index in [0.717, 1.165) is 4.57 Å². The maximum atomic E-state index is 13.1. The number of halogens is 1. The van der Waals surface area contributed by atoms with Crippen molar-refractivity contribution in [3.8, 4) is 0 Å². The number of hydrogen-bond donors (Lipinski definition) is 4. The SMILES string of the molecule is CCc1cn([C@@H]2O[C@@](CO)(CF)[C@@H](O)[C@@H]2O)c(=O)nc1N. The van der Waals surface area contributed by atoms with Crippen molar-refractivity contribution >= 4 is 5.82 Å². The first-order valence-corrected chi connectivity index (χ1v) is 6.48. The van der Waals surface area contributed by atoms with Crippen molar-refractivity contribution in [2.75, 3.05) is 19.0 Å². The van der Waals surface area contributed by atoms with Crippen LogP contribution in [-0.4, -0.2) is 56.0 Å². The molecule has 1 fully saturated rings. The zero-order chi connectivity index (χ0) is 15.8. The Bertz CT molecular complexity index is 575. The van der Waals surface area contributed by atoms with E-state index in [-0.39, 0.29) is 5.82 Å². The van der Waals surface area contributed by atoms with Crippen LogP contribution < -0.4 is 11.4 Å². The van der Waals surface area contributed by atoms with Crippen molar-refractivity contribution in [3.63, 3.8) is 0 Å². The molecule has 1 saturated heterocycles. The predicted octanol–water partition coefficient (Wildman–Crippen LogP) is -1.66. The highest BCUT2D eigenvalue weighted by atomic mass is 19.1. The first-order valence-electron chi connectivity index (χ1n) is 6.48. The maximum absolute atomic E-state index is 13.1. The van der Waals surface area contributed by atoms with Crippen molar-refractivity contribution < 1.29 is 24.4 Å². The van der Waals surface area contributed by atoms with Crippen LogP contribution in [0.1, 0.15) is 18.7 Å². The Labute approximate surface area is 119 Å². The highest BCUT2D eigenvalue weighted by molar-refractivity contribution is 5.36. The van der Waals surface area contributed by atoms with E-state index in [2.05, 4.69) is 4.98 Å². The number of aliphatic hydroxyl groups is 3. The van der Waals surface area contributed by atoms with E-state index >= 15 is 0 Å². The van der Waals surface area contributed by atoms with Gasteiger partial charge in [-0.2, -0.15) is 4.98 Å². The standard InChI is InChI=1S/C12H18FN3O5/c1-2-6-3-16(11(20)15-9(6)14)10-7(18)8(19)12(4-13,5-17)21-10/h3,7-8,10,17-19H,2,4-5H2,1H3,(H2,14,15,20)/t7-,8-,10+,12+/m0/s1. The monoisotopic (exact) mass is 303 g/mol. The van der Waals surface area contributed by atoms with Crippen LogP contribution in [-0.2, 0) is 11.2 Å². The quantitative estimate of drug-likeness (QED) is 0.523. The molecule has 0 amide bonds. The van der Waals surface area contributed by atoms with E-state index in [0.29, 0.717) is 12.0 Å². The summed E-state index contributed by atoms with van der Waals surface area (Å²) in [4.78, 5) is 15.5. The molecule has 8 nitrogen and oxygen atoms in total. The van der Waals surface area contributed by atoms with Crippen LogP contribution in [0.4, 0.5) is 10.2 Å². The minimum Gasteiger partial charge on any atom is -0.393 e. The topological polar surface area (TPSA) is 131 Å². The number of nitrogens with two attached hydrogens (primary N) is 1. The summed E-state index contributed by atoms with van der Waals surface area (Å²) in [6.45, 7) is -0.255. The summed E-state index contributed by atoms with van der Waals surface area (Å²) < 4.78 is 19.3. The summed E-state index contributed by atoms with van der Waals surface area (Å²) in [6, 6.07) is 0. The average Bonchev–Trinajstić information content (AvgIpc) is 2.73. The summed E-state index contributed by atoms with van der Waals surface area (Å²) in [7, 11) is 0. The molecule has 118 valence electrons. The second kappa shape index (κ2) is 5.68. The Hall–Kier alpha value is -1.55. The fourth-order valence-electron chi connectivity index (χ4n) is 2.33. The van der Waals surface area contributed by atoms with Crippen LogP contribution in [0.15, 0.2) is 11.0 Å². The normalized spacial score (nSPS) is 32.5. The van der Waals surface area contributed by atoms with Crippen molar-refractivity contribution in [2.24, 2.45) is 0 Å². The second-order valence-corrected chi connectivity index (χ2v) is 5.00. The van der Waals surface area contributed by atoms with Gasteiger partial charge in [0, 0.05) is 11.8 Å². The highest BCUT2D eigenvalue weighted by Crippen LogP contribution is 2.36. The Balaban J connectivity index is 2.46. The van der Waals surface area contributed by atoms with Gasteiger partial charge >= 0.3 is 5.69 Å². The molecule has 9 heteroatoms. The van der Waals surface area contributed by atoms with E-state index < -0.39 is 43.0 Å². The molecular formula is C12H18FN3O5. The zero-order valence-electron chi connectivity index (χ0n) is 11.4. The molecule has 0 radical (unpaired) electrons. The van der Waals surface area contributed by atoms with Gasteiger partial charge in [-0.3, -0.25) is 4.57 Å². The lowest BCUT2D eigenvalue weighted by atomic mass is 9.98. The first-order chi connectivity index (χ1) is 9.90. The van der Waals surface area contributed by atoms with Crippen molar-refractivity contribution in [2.45, 2.75) is 37.4 Å². The second-order valence-electron chi connectivity index (χ2n) is 5.00. The summed E-state index contributed by atoms with van der Waals surface area (Å²) >= 11 is 0. The molecule has 0 bridgehead atoms. The molecule has 1 aliphatic heterocycles. The van der Waals surface area contributed by atoms with Gasteiger partial charge in [0.25, 0.3) is 0 Å². The number of nitrogens with zero attached hydrogens (tertiary/aromatic N) is 2. The van der Waals surface area contributed by atoms with E-state index in [1.54, 1.807) is 6.92 Å². The number of alkyl halides is 1. The molecule has 4 atom stereocenters. The van der Waals surface area contributed by atoms with Gasteiger partial charge in [-0.25, -0.2) is 9.18 Å². The fourth-order valence-corrected chi connectivity index (χ4v) is 2.33. The Morgan fingerprint density at radius 3 is 2.71 bits per heavy atom. The van der Waals surface area contributed by atoms with Gasteiger partial charge in [0.05, 0.1) is 6.61 Å². The van der Waals surface area contributed by atoms with Gasteiger partial charge in [-0.15, -0.1) is 0 Å². The number of anilines is 1. The molecule has 0 unspecified atom stereocenters. The van der Waals surface area contributed by atoms with Crippen molar-refractivity contribution in [1.82, 2.24) is 9.55 Å². The summed E-state index contributed by atoms with van der Waals surface area (Å²) in [6.07, 6.45) is -2.78. The molecule has 0 aromatic carbocycles. The Kier molecular flexibility index (Phi) is 4.28. The third-order valence-electron chi connectivity index (χ3n) is 3.72. The van der Waals surface area contributed by atoms with Crippen LogP contribution in [0.2, 0.25) is 0 Å².